The second-order valence-electron chi connectivity index (χ2n) is 4.78. The maximum Gasteiger partial charge on any atom is 0.341 e. The van der Waals surface area contributed by atoms with Gasteiger partial charge in [0.25, 0.3) is 5.92 Å². The number of rotatable bonds is 5. The predicted octanol–water partition coefficient (Wildman–Crippen LogP) is 3.52. The lowest BCUT2D eigenvalue weighted by atomic mass is 10.00. The van der Waals surface area contributed by atoms with Crippen LogP contribution >= 0.6 is 0 Å². The second kappa shape index (κ2) is 6.08. The molecular formula is C16H16F2O3. The smallest absolute Gasteiger partial charge is 0.341 e. The number of carbonyl (C=O) groups is 1. The molecule has 21 heavy (non-hydrogen) atoms. The van der Waals surface area contributed by atoms with Crippen LogP contribution in [-0.2, 0) is 14.3 Å². The van der Waals surface area contributed by atoms with Crippen molar-refractivity contribution >= 4 is 17.6 Å². The Morgan fingerprint density at radius 2 is 2.00 bits per heavy atom. The summed E-state index contributed by atoms with van der Waals surface area (Å²) in [5.74, 6) is -3.87. The number of esters is 1. The third-order valence-corrected chi connectivity index (χ3v) is 3.27. The molecule has 1 aromatic carbocycles. The van der Waals surface area contributed by atoms with E-state index < -0.39 is 17.8 Å². The highest BCUT2D eigenvalue weighted by Gasteiger charge is 2.55. The molecule has 1 saturated carbocycles. The molecule has 0 heterocycles. The van der Waals surface area contributed by atoms with Gasteiger partial charge in [-0.15, -0.1) is 0 Å². The molecule has 5 heteroatoms. The quantitative estimate of drug-likeness (QED) is 0.473. The highest BCUT2D eigenvalue weighted by molar-refractivity contribution is 6.17. The minimum Gasteiger partial charge on any atom is -0.503 e. The van der Waals surface area contributed by atoms with Gasteiger partial charge in [-0.2, -0.15) is 0 Å². The summed E-state index contributed by atoms with van der Waals surface area (Å²) in [6.07, 6.45) is 4.24. The maximum atomic E-state index is 12.9. The van der Waals surface area contributed by atoms with Crippen LogP contribution in [0.2, 0.25) is 0 Å². The predicted molar refractivity (Wildman–Crippen MR) is 75.5 cm³/mol. The zero-order chi connectivity index (χ0) is 15.5. The molecular weight excluding hydrogens is 278 g/mol. The van der Waals surface area contributed by atoms with Crippen molar-refractivity contribution in [3.8, 4) is 0 Å². The molecule has 0 spiro atoms. The van der Waals surface area contributed by atoms with E-state index >= 15 is 0 Å². The van der Waals surface area contributed by atoms with Crippen LogP contribution in [0, 0.1) is 5.92 Å². The normalized spacial score (nSPS) is 20.4. The van der Waals surface area contributed by atoms with E-state index in [9.17, 15) is 13.6 Å². The summed E-state index contributed by atoms with van der Waals surface area (Å²) in [6.45, 7) is 0. The third kappa shape index (κ3) is 3.48. The molecule has 2 rings (SSSR count). The number of hydrogen-bond donors (Lipinski definition) is 0. The van der Waals surface area contributed by atoms with Crippen LogP contribution in [-0.4, -0.2) is 26.1 Å². The summed E-state index contributed by atoms with van der Waals surface area (Å²) in [4.78, 5) is 11.8. The molecule has 1 atom stereocenters. The Balaban J connectivity index is 2.31. The van der Waals surface area contributed by atoms with Gasteiger partial charge in [0.1, 0.15) is 5.57 Å². The second-order valence-corrected chi connectivity index (χ2v) is 4.78. The number of ether oxygens (including phenoxy) is 2. The summed E-state index contributed by atoms with van der Waals surface area (Å²) < 4.78 is 35.4. The summed E-state index contributed by atoms with van der Waals surface area (Å²) in [5, 5.41) is 0. The Bertz CT molecular complexity index is 591. The first-order valence-electron chi connectivity index (χ1n) is 6.46. The number of hydrogen-bond acceptors (Lipinski definition) is 3. The maximum absolute atomic E-state index is 12.9. The molecule has 0 saturated heterocycles. The molecule has 0 radical (unpaired) electrons. The number of methoxy groups -OCH3 is 2. The van der Waals surface area contributed by atoms with E-state index in [0.29, 0.717) is 11.1 Å². The Morgan fingerprint density at radius 1 is 1.33 bits per heavy atom. The highest BCUT2D eigenvalue weighted by Crippen LogP contribution is 2.49. The van der Waals surface area contributed by atoms with E-state index in [0.717, 1.165) is 0 Å². The first kappa shape index (κ1) is 15.2. The first-order chi connectivity index (χ1) is 9.99. The molecule has 1 aliphatic rings. The van der Waals surface area contributed by atoms with Crippen LogP contribution in [0.4, 0.5) is 8.78 Å². The fourth-order valence-corrected chi connectivity index (χ4v) is 2.00. The van der Waals surface area contributed by atoms with Crippen LogP contribution in [0.25, 0.3) is 11.6 Å². The van der Waals surface area contributed by atoms with Crippen LogP contribution in [0.1, 0.15) is 17.5 Å². The van der Waals surface area contributed by atoms with Gasteiger partial charge < -0.3 is 9.47 Å². The molecule has 0 aliphatic heterocycles. The van der Waals surface area contributed by atoms with Gasteiger partial charge >= 0.3 is 5.97 Å². The van der Waals surface area contributed by atoms with Crippen molar-refractivity contribution in [1.29, 1.82) is 0 Å². The van der Waals surface area contributed by atoms with Gasteiger partial charge in [0, 0.05) is 12.3 Å². The minimum atomic E-state index is -2.60. The van der Waals surface area contributed by atoms with E-state index in [2.05, 4.69) is 0 Å². The molecule has 0 aromatic heterocycles. The molecule has 1 aliphatic carbocycles. The van der Waals surface area contributed by atoms with Gasteiger partial charge in [-0.3, -0.25) is 0 Å². The van der Waals surface area contributed by atoms with E-state index in [4.69, 9.17) is 9.47 Å². The van der Waals surface area contributed by atoms with Gasteiger partial charge in [-0.05, 0) is 11.1 Å². The molecule has 0 bridgehead atoms. The molecule has 112 valence electrons. The number of halogens is 2. The topological polar surface area (TPSA) is 35.5 Å². The number of benzene rings is 1. The monoisotopic (exact) mass is 294 g/mol. The molecule has 1 aromatic rings. The van der Waals surface area contributed by atoms with E-state index in [1.807, 2.05) is 0 Å². The zero-order valence-corrected chi connectivity index (χ0v) is 11.8. The van der Waals surface area contributed by atoms with Gasteiger partial charge in [-0.25, -0.2) is 13.6 Å². The fourth-order valence-electron chi connectivity index (χ4n) is 2.00. The highest BCUT2D eigenvalue weighted by atomic mass is 19.3. The van der Waals surface area contributed by atoms with Crippen LogP contribution in [0.15, 0.2) is 36.6 Å². The Hall–Kier alpha value is -2.17. The van der Waals surface area contributed by atoms with Crippen molar-refractivity contribution in [2.24, 2.45) is 5.92 Å². The van der Waals surface area contributed by atoms with Crippen molar-refractivity contribution in [2.75, 3.05) is 14.2 Å². The Labute approximate surface area is 121 Å². The fraction of sp³-hybridized carbons (Fsp3) is 0.312. The van der Waals surface area contributed by atoms with Crippen molar-refractivity contribution in [2.45, 2.75) is 12.3 Å². The Morgan fingerprint density at radius 3 is 2.57 bits per heavy atom. The molecule has 0 amide bonds. The number of alkyl halides is 2. The summed E-state index contributed by atoms with van der Waals surface area (Å²) >= 11 is 0. The average Bonchev–Trinajstić information content (AvgIpc) is 3.09. The van der Waals surface area contributed by atoms with Crippen LogP contribution in [0.3, 0.4) is 0 Å². The van der Waals surface area contributed by atoms with E-state index in [1.54, 1.807) is 30.3 Å². The van der Waals surface area contributed by atoms with Crippen molar-refractivity contribution in [3.05, 3.63) is 47.7 Å². The van der Waals surface area contributed by atoms with Crippen molar-refractivity contribution in [1.82, 2.24) is 0 Å². The van der Waals surface area contributed by atoms with Crippen molar-refractivity contribution < 1.29 is 23.0 Å². The molecule has 1 fully saturated rings. The third-order valence-electron chi connectivity index (χ3n) is 3.27. The lowest BCUT2D eigenvalue weighted by molar-refractivity contribution is -0.133. The first-order valence-corrected chi connectivity index (χ1v) is 6.46. The van der Waals surface area contributed by atoms with Gasteiger partial charge in [0.05, 0.1) is 20.5 Å². The van der Waals surface area contributed by atoms with Gasteiger partial charge in [0.15, 0.2) is 0 Å². The standard InChI is InChI=1S/C16H16F2O3/c1-20-10-14(15(19)21-2)13-6-4-3-5-11(13)7-8-12-9-16(12,17)18/h3-8,10,12H,9H2,1-2H3/b8-7+,14-10+. The number of carbonyl (C=O) groups excluding carboxylic acids is 1. The average molecular weight is 294 g/mol. The van der Waals surface area contributed by atoms with E-state index in [1.165, 1.54) is 26.6 Å². The molecule has 3 nitrogen and oxygen atoms in total. The van der Waals surface area contributed by atoms with Crippen LogP contribution < -0.4 is 0 Å². The largest absolute Gasteiger partial charge is 0.503 e. The van der Waals surface area contributed by atoms with Gasteiger partial charge in [-0.1, -0.05) is 36.4 Å². The van der Waals surface area contributed by atoms with Gasteiger partial charge in [0.2, 0.25) is 0 Å². The Kier molecular flexibility index (Phi) is 4.40. The zero-order valence-electron chi connectivity index (χ0n) is 11.8. The minimum absolute atomic E-state index is 0.122. The summed E-state index contributed by atoms with van der Waals surface area (Å²) in [5.41, 5.74) is 1.48. The van der Waals surface area contributed by atoms with Crippen molar-refractivity contribution in [3.63, 3.8) is 0 Å². The summed E-state index contributed by atoms with van der Waals surface area (Å²) in [7, 11) is 2.70. The van der Waals surface area contributed by atoms with E-state index in [-0.39, 0.29) is 12.0 Å². The molecule has 1 unspecified atom stereocenters. The SMILES string of the molecule is CO/C=C(/C(=O)OC)c1ccccc1/C=C/C1CC1(F)F. The lowest BCUT2D eigenvalue weighted by Crippen LogP contribution is -2.05. The lowest BCUT2D eigenvalue weighted by Gasteiger charge is -2.08. The summed E-state index contributed by atoms with van der Waals surface area (Å²) in [6, 6.07) is 6.99. The number of allylic oxidation sites excluding steroid dienone is 1. The van der Waals surface area contributed by atoms with Crippen LogP contribution in [0.5, 0.6) is 0 Å². The molecule has 0 N–H and O–H groups in total.